The first-order valence-electron chi connectivity index (χ1n) is 4.94. The zero-order valence-electron chi connectivity index (χ0n) is 8.29. The number of ketones is 1. The predicted molar refractivity (Wildman–Crippen MR) is 54.4 cm³/mol. The van der Waals surface area contributed by atoms with E-state index in [1.165, 1.54) is 11.1 Å². The van der Waals surface area contributed by atoms with Crippen LogP contribution in [-0.4, -0.2) is 17.5 Å². The number of hydrogen-bond acceptors (Lipinski definition) is 2. The maximum absolute atomic E-state index is 11.1. The number of carbonyl (C=O) groups is 1. The van der Waals surface area contributed by atoms with Gasteiger partial charge in [0.15, 0.2) is 5.78 Å². The lowest BCUT2D eigenvalue weighted by molar-refractivity contribution is 0.101. The molecule has 0 saturated carbocycles. The highest BCUT2D eigenvalue weighted by atomic mass is 16.3. The molecular formula is C12H14O2. The Morgan fingerprint density at radius 3 is 2.79 bits per heavy atom. The van der Waals surface area contributed by atoms with Gasteiger partial charge in [0.1, 0.15) is 0 Å². The van der Waals surface area contributed by atoms with Gasteiger partial charge in [-0.2, -0.15) is 0 Å². The summed E-state index contributed by atoms with van der Waals surface area (Å²) in [6, 6.07) is 5.86. The second-order valence-corrected chi connectivity index (χ2v) is 4.00. The summed E-state index contributed by atoms with van der Waals surface area (Å²) >= 11 is 0. The maximum atomic E-state index is 11.1. The molecule has 2 heteroatoms. The Kier molecular flexibility index (Phi) is 2.38. The minimum absolute atomic E-state index is 0.111. The number of Topliss-reactive ketones (excluding diaryl/α,β-unsaturated/α-hetero) is 1. The largest absolute Gasteiger partial charge is 0.396 e. The Morgan fingerprint density at radius 2 is 2.14 bits per heavy atom. The van der Waals surface area contributed by atoms with Crippen molar-refractivity contribution >= 4 is 5.78 Å². The van der Waals surface area contributed by atoms with Crippen molar-refractivity contribution in [3.8, 4) is 0 Å². The first-order chi connectivity index (χ1) is 6.70. The number of hydrogen-bond donors (Lipinski definition) is 1. The first-order valence-corrected chi connectivity index (χ1v) is 4.94. The molecule has 1 aromatic carbocycles. The van der Waals surface area contributed by atoms with Gasteiger partial charge in [-0.15, -0.1) is 0 Å². The highest BCUT2D eigenvalue weighted by Gasteiger charge is 2.21. The van der Waals surface area contributed by atoms with Gasteiger partial charge in [0.25, 0.3) is 0 Å². The monoisotopic (exact) mass is 190 g/mol. The van der Waals surface area contributed by atoms with Crippen molar-refractivity contribution < 1.29 is 9.90 Å². The molecule has 2 nitrogen and oxygen atoms in total. The van der Waals surface area contributed by atoms with Gasteiger partial charge in [-0.05, 0) is 42.9 Å². The molecule has 0 heterocycles. The number of aliphatic hydroxyl groups excluding tert-OH is 1. The predicted octanol–water partition coefficient (Wildman–Crippen LogP) is 1.60. The minimum Gasteiger partial charge on any atom is -0.396 e. The zero-order valence-corrected chi connectivity index (χ0v) is 8.29. The van der Waals surface area contributed by atoms with Crippen molar-refractivity contribution in [1.82, 2.24) is 0 Å². The van der Waals surface area contributed by atoms with Crippen molar-refractivity contribution in [2.75, 3.05) is 6.61 Å². The molecule has 74 valence electrons. The number of fused-ring (bicyclic) bond motifs is 1. The maximum Gasteiger partial charge on any atom is 0.159 e. The van der Waals surface area contributed by atoms with E-state index >= 15 is 0 Å². The molecule has 0 spiro atoms. The standard InChI is InChI=1S/C12H14O2/c1-8(14)10-2-3-11-4-9(7-13)5-12(11)6-10/h2-3,6,9,13H,4-5,7H2,1H3. The lowest BCUT2D eigenvalue weighted by atomic mass is 10.0. The Hall–Kier alpha value is -1.15. The molecule has 1 atom stereocenters. The van der Waals surface area contributed by atoms with Crippen LogP contribution >= 0.6 is 0 Å². The summed E-state index contributed by atoms with van der Waals surface area (Å²) in [6.07, 6.45) is 1.86. The normalized spacial score (nSPS) is 19.4. The molecule has 1 aliphatic rings. The molecule has 2 rings (SSSR count). The molecule has 0 aromatic heterocycles. The summed E-state index contributed by atoms with van der Waals surface area (Å²) in [5, 5.41) is 9.05. The van der Waals surface area contributed by atoms with E-state index in [2.05, 4.69) is 0 Å². The van der Waals surface area contributed by atoms with E-state index in [4.69, 9.17) is 5.11 Å². The fourth-order valence-corrected chi connectivity index (χ4v) is 2.06. The van der Waals surface area contributed by atoms with E-state index < -0.39 is 0 Å². The van der Waals surface area contributed by atoms with Crippen LogP contribution in [0.5, 0.6) is 0 Å². The Balaban J connectivity index is 2.31. The van der Waals surface area contributed by atoms with Gasteiger partial charge < -0.3 is 5.11 Å². The summed E-state index contributed by atoms with van der Waals surface area (Å²) in [5.74, 6) is 0.465. The quantitative estimate of drug-likeness (QED) is 0.719. The molecule has 0 saturated heterocycles. The van der Waals surface area contributed by atoms with Crippen LogP contribution in [-0.2, 0) is 12.8 Å². The first kappa shape index (κ1) is 9.41. The fraction of sp³-hybridized carbons (Fsp3) is 0.417. The summed E-state index contributed by atoms with van der Waals surface area (Å²) in [6.45, 7) is 1.82. The van der Waals surface area contributed by atoms with Crippen LogP contribution in [0.2, 0.25) is 0 Å². The van der Waals surface area contributed by atoms with Crippen molar-refractivity contribution in [2.45, 2.75) is 19.8 Å². The molecular weight excluding hydrogens is 176 g/mol. The van der Waals surface area contributed by atoms with E-state index in [1.807, 2.05) is 18.2 Å². The third-order valence-corrected chi connectivity index (χ3v) is 2.89. The minimum atomic E-state index is 0.111. The Labute approximate surface area is 83.6 Å². The summed E-state index contributed by atoms with van der Waals surface area (Å²) < 4.78 is 0. The molecule has 14 heavy (non-hydrogen) atoms. The van der Waals surface area contributed by atoms with Crippen LogP contribution in [0.4, 0.5) is 0 Å². The van der Waals surface area contributed by atoms with E-state index in [0.29, 0.717) is 5.92 Å². The highest BCUT2D eigenvalue weighted by Crippen LogP contribution is 2.27. The number of carbonyl (C=O) groups excluding carboxylic acids is 1. The molecule has 0 fully saturated rings. The molecule has 1 N–H and O–H groups in total. The van der Waals surface area contributed by atoms with E-state index in [0.717, 1.165) is 18.4 Å². The topological polar surface area (TPSA) is 37.3 Å². The summed E-state index contributed by atoms with van der Waals surface area (Å²) in [7, 11) is 0. The molecule has 1 aliphatic carbocycles. The van der Waals surface area contributed by atoms with Gasteiger partial charge >= 0.3 is 0 Å². The molecule has 0 radical (unpaired) electrons. The summed E-state index contributed by atoms with van der Waals surface area (Å²) in [5.41, 5.74) is 3.30. The van der Waals surface area contributed by atoms with Crippen LogP contribution in [0.25, 0.3) is 0 Å². The fourth-order valence-electron chi connectivity index (χ4n) is 2.06. The SMILES string of the molecule is CC(=O)c1ccc2c(c1)CC(CO)C2. The van der Waals surface area contributed by atoms with Gasteiger partial charge in [0.2, 0.25) is 0 Å². The van der Waals surface area contributed by atoms with Crippen molar-refractivity contribution in [3.63, 3.8) is 0 Å². The molecule has 1 aromatic rings. The van der Waals surface area contributed by atoms with E-state index in [9.17, 15) is 4.79 Å². The zero-order chi connectivity index (χ0) is 10.1. The molecule has 0 amide bonds. The van der Waals surface area contributed by atoms with Crippen LogP contribution in [0.15, 0.2) is 18.2 Å². The van der Waals surface area contributed by atoms with Crippen LogP contribution in [0.1, 0.15) is 28.4 Å². The second-order valence-electron chi connectivity index (χ2n) is 4.00. The number of rotatable bonds is 2. The van der Waals surface area contributed by atoms with E-state index in [-0.39, 0.29) is 12.4 Å². The smallest absolute Gasteiger partial charge is 0.159 e. The third-order valence-electron chi connectivity index (χ3n) is 2.89. The van der Waals surface area contributed by atoms with Crippen LogP contribution < -0.4 is 0 Å². The van der Waals surface area contributed by atoms with Gasteiger partial charge in [-0.25, -0.2) is 0 Å². The number of benzene rings is 1. The average Bonchev–Trinajstić information content (AvgIpc) is 2.58. The highest BCUT2D eigenvalue weighted by molar-refractivity contribution is 5.94. The molecule has 0 bridgehead atoms. The van der Waals surface area contributed by atoms with Gasteiger partial charge in [0, 0.05) is 12.2 Å². The van der Waals surface area contributed by atoms with Crippen molar-refractivity contribution in [2.24, 2.45) is 5.92 Å². The number of aliphatic hydroxyl groups is 1. The van der Waals surface area contributed by atoms with Crippen LogP contribution in [0.3, 0.4) is 0 Å². The van der Waals surface area contributed by atoms with E-state index in [1.54, 1.807) is 6.92 Å². The van der Waals surface area contributed by atoms with Crippen molar-refractivity contribution in [1.29, 1.82) is 0 Å². The van der Waals surface area contributed by atoms with Crippen molar-refractivity contribution in [3.05, 3.63) is 34.9 Å². The molecule has 1 unspecified atom stereocenters. The molecule has 0 aliphatic heterocycles. The van der Waals surface area contributed by atoms with Gasteiger partial charge in [-0.1, -0.05) is 12.1 Å². The second kappa shape index (κ2) is 3.54. The average molecular weight is 190 g/mol. The van der Waals surface area contributed by atoms with Crippen LogP contribution in [0, 0.1) is 5.92 Å². The van der Waals surface area contributed by atoms with Gasteiger partial charge in [0.05, 0.1) is 0 Å². The summed E-state index contributed by atoms with van der Waals surface area (Å²) in [4.78, 5) is 11.1. The lowest BCUT2D eigenvalue weighted by Gasteiger charge is -2.00. The lowest BCUT2D eigenvalue weighted by Crippen LogP contribution is -2.04. The Morgan fingerprint density at radius 1 is 1.43 bits per heavy atom. The van der Waals surface area contributed by atoms with Gasteiger partial charge in [-0.3, -0.25) is 4.79 Å². The Bertz CT molecular complexity index is 369. The third kappa shape index (κ3) is 1.58.